The average molecular weight is 261 g/mol. The molecule has 19 heavy (non-hydrogen) atoms. The Morgan fingerprint density at radius 2 is 2.16 bits per heavy atom. The van der Waals surface area contributed by atoms with E-state index in [1.54, 1.807) is 20.4 Å². The number of methoxy groups -OCH3 is 2. The van der Waals surface area contributed by atoms with Crippen molar-refractivity contribution in [2.24, 2.45) is 0 Å². The van der Waals surface area contributed by atoms with Crippen LogP contribution >= 0.6 is 0 Å². The Balaban J connectivity index is 2.07. The van der Waals surface area contributed by atoms with Crippen LogP contribution in [0, 0.1) is 0 Å². The minimum atomic E-state index is 0.158. The van der Waals surface area contributed by atoms with Gasteiger partial charge in [0, 0.05) is 30.1 Å². The molecule has 0 spiro atoms. The van der Waals surface area contributed by atoms with Crippen LogP contribution in [0.5, 0.6) is 11.5 Å². The van der Waals surface area contributed by atoms with Crippen molar-refractivity contribution >= 4 is 0 Å². The quantitative estimate of drug-likeness (QED) is 0.837. The van der Waals surface area contributed by atoms with Crippen LogP contribution in [0.4, 0.5) is 0 Å². The summed E-state index contributed by atoms with van der Waals surface area (Å²) in [6.07, 6.45) is 3.56. The Bertz CT molecular complexity index is 511. The van der Waals surface area contributed by atoms with E-state index in [4.69, 9.17) is 9.47 Å². The van der Waals surface area contributed by atoms with E-state index in [-0.39, 0.29) is 6.04 Å². The number of rotatable bonds is 6. The Labute approximate surface area is 113 Å². The first-order valence-electron chi connectivity index (χ1n) is 6.18. The van der Waals surface area contributed by atoms with Crippen molar-refractivity contribution in [3.63, 3.8) is 0 Å². The minimum Gasteiger partial charge on any atom is -0.497 e. The van der Waals surface area contributed by atoms with Gasteiger partial charge in [-0.25, -0.2) is 4.98 Å². The second-order valence-electron chi connectivity index (χ2n) is 4.25. The lowest BCUT2D eigenvalue weighted by Gasteiger charge is -2.17. The zero-order chi connectivity index (χ0) is 13.7. The third-order valence-corrected chi connectivity index (χ3v) is 3.04. The van der Waals surface area contributed by atoms with Crippen LogP contribution in [-0.4, -0.2) is 24.2 Å². The number of nitrogens with one attached hydrogen (secondary N) is 2. The topological polar surface area (TPSA) is 59.2 Å². The molecule has 0 fully saturated rings. The number of ether oxygens (including phenoxy) is 2. The van der Waals surface area contributed by atoms with Gasteiger partial charge >= 0.3 is 0 Å². The van der Waals surface area contributed by atoms with Crippen molar-refractivity contribution in [1.82, 2.24) is 15.3 Å². The predicted molar refractivity (Wildman–Crippen MR) is 73.4 cm³/mol. The molecule has 0 saturated heterocycles. The second-order valence-corrected chi connectivity index (χ2v) is 4.25. The SMILES string of the molecule is COc1ccc(C(C)NCc2ncc[nH]2)c(OC)c1. The van der Waals surface area contributed by atoms with Gasteiger partial charge in [0.15, 0.2) is 0 Å². The first kappa shape index (κ1) is 13.4. The molecule has 0 bridgehead atoms. The number of nitrogens with zero attached hydrogens (tertiary/aromatic N) is 1. The normalized spacial score (nSPS) is 12.2. The fraction of sp³-hybridized carbons (Fsp3) is 0.357. The summed E-state index contributed by atoms with van der Waals surface area (Å²) in [5.41, 5.74) is 1.09. The van der Waals surface area contributed by atoms with Gasteiger partial charge in [-0.3, -0.25) is 0 Å². The maximum Gasteiger partial charge on any atom is 0.127 e. The van der Waals surface area contributed by atoms with Crippen molar-refractivity contribution in [3.05, 3.63) is 42.0 Å². The maximum absolute atomic E-state index is 5.40. The van der Waals surface area contributed by atoms with Gasteiger partial charge in [0.05, 0.1) is 20.8 Å². The molecule has 0 saturated carbocycles. The average Bonchev–Trinajstić information content (AvgIpc) is 2.97. The highest BCUT2D eigenvalue weighted by atomic mass is 16.5. The molecule has 1 aromatic heterocycles. The summed E-state index contributed by atoms with van der Waals surface area (Å²) in [4.78, 5) is 7.25. The number of aromatic amines is 1. The molecule has 0 amide bonds. The van der Waals surface area contributed by atoms with E-state index in [2.05, 4.69) is 22.2 Å². The molecule has 1 atom stereocenters. The van der Waals surface area contributed by atoms with Crippen LogP contribution in [0.1, 0.15) is 24.4 Å². The predicted octanol–water partition coefficient (Wildman–Crippen LogP) is 2.28. The number of imidazole rings is 1. The summed E-state index contributed by atoms with van der Waals surface area (Å²) in [6.45, 7) is 2.77. The van der Waals surface area contributed by atoms with Gasteiger partial charge in [-0.1, -0.05) is 6.07 Å². The van der Waals surface area contributed by atoms with E-state index in [0.29, 0.717) is 6.54 Å². The molecule has 102 valence electrons. The molecular formula is C14H19N3O2. The molecule has 2 N–H and O–H groups in total. The van der Waals surface area contributed by atoms with Crippen LogP contribution < -0.4 is 14.8 Å². The standard InChI is InChI=1S/C14H19N3O2/c1-10(17-9-14-15-6-7-16-14)12-5-4-11(18-2)8-13(12)19-3/h4-8,10,17H,9H2,1-3H3,(H,15,16). The summed E-state index contributed by atoms with van der Waals surface area (Å²) in [5.74, 6) is 2.52. The lowest BCUT2D eigenvalue weighted by Crippen LogP contribution is -2.19. The van der Waals surface area contributed by atoms with Crippen molar-refractivity contribution in [1.29, 1.82) is 0 Å². The fourth-order valence-electron chi connectivity index (χ4n) is 1.93. The van der Waals surface area contributed by atoms with Crippen LogP contribution in [-0.2, 0) is 6.54 Å². The third-order valence-electron chi connectivity index (χ3n) is 3.04. The monoisotopic (exact) mass is 261 g/mol. The zero-order valence-corrected chi connectivity index (χ0v) is 11.4. The van der Waals surface area contributed by atoms with Crippen molar-refractivity contribution in [3.8, 4) is 11.5 Å². The Morgan fingerprint density at radius 3 is 2.79 bits per heavy atom. The lowest BCUT2D eigenvalue weighted by atomic mass is 10.1. The summed E-state index contributed by atoms with van der Waals surface area (Å²) in [6, 6.07) is 5.99. The summed E-state index contributed by atoms with van der Waals surface area (Å²) in [7, 11) is 3.31. The molecule has 0 aliphatic carbocycles. The number of hydrogen-bond acceptors (Lipinski definition) is 4. The van der Waals surface area contributed by atoms with Crippen molar-refractivity contribution in [2.45, 2.75) is 19.5 Å². The van der Waals surface area contributed by atoms with Gasteiger partial charge in [-0.15, -0.1) is 0 Å². The minimum absolute atomic E-state index is 0.158. The Morgan fingerprint density at radius 1 is 1.32 bits per heavy atom. The van der Waals surface area contributed by atoms with E-state index >= 15 is 0 Å². The molecule has 2 aromatic rings. The van der Waals surface area contributed by atoms with Crippen LogP contribution in [0.25, 0.3) is 0 Å². The van der Waals surface area contributed by atoms with Crippen molar-refractivity contribution in [2.75, 3.05) is 14.2 Å². The molecule has 0 aliphatic heterocycles. The van der Waals surface area contributed by atoms with E-state index in [0.717, 1.165) is 22.9 Å². The molecular weight excluding hydrogens is 242 g/mol. The highest BCUT2D eigenvalue weighted by molar-refractivity contribution is 5.42. The molecule has 5 nitrogen and oxygen atoms in total. The molecule has 1 unspecified atom stereocenters. The van der Waals surface area contributed by atoms with Gasteiger partial charge in [0.1, 0.15) is 17.3 Å². The molecule has 0 aliphatic rings. The highest BCUT2D eigenvalue weighted by Crippen LogP contribution is 2.29. The fourth-order valence-corrected chi connectivity index (χ4v) is 1.93. The Kier molecular flexibility index (Phi) is 4.41. The maximum atomic E-state index is 5.40. The van der Waals surface area contributed by atoms with Gasteiger partial charge in [0.25, 0.3) is 0 Å². The molecule has 0 radical (unpaired) electrons. The lowest BCUT2D eigenvalue weighted by molar-refractivity contribution is 0.385. The molecule has 1 heterocycles. The molecule has 2 rings (SSSR count). The van der Waals surface area contributed by atoms with Crippen LogP contribution in [0.15, 0.2) is 30.6 Å². The molecule has 1 aromatic carbocycles. The van der Waals surface area contributed by atoms with Crippen molar-refractivity contribution < 1.29 is 9.47 Å². The van der Waals surface area contributed by atoms with Crippen LogP contribution in [0.2, 0.25) is 0 Å². The first-order valence-corrected chi connectivity index (χ1v) is 6.18. The van der Waals surface area contributed by atoms with Gasteiger partial charge < -0.3 is 19.8 Å². The molecule has 5 heteroatoms. The number of hydrogen-bond donors (Lipinski definition) is 2. The van der Waals surface area contributed by atoms with Gasteiger partial charge in [-0.05, 0) is 13.0 Å². The van der Waals surface area contributed by atoms with E-state index in [1.807, 2.05) is 24.4 Å². The number of benzene rings is 1. The van der Waals surface area contributed by atoms with E-state index in [9.17, 15) is 0 Å². The zero-order valence-electron chi connectivity index (χ0n) is 11.4. The van der Waals surface area contributed by atoms with E-state index < -0.39 is 0 Å². The first-order chi connectivity index (χ1) is 9.24. The summed E-state index contributed by atoms with van der Waals surface area (Å²) >= 11 is 0. The van der Waals surface area contributed by atoms with E-state index in [1.165, 1.54) is 0 Å². The largest absolute Gasteiger partial charge is 0.497 e. The third kappa shape index (κ3) is 3.26. The van der Waals surface area contributed by atoms with Gasteiger partial charge in [0.2, 0.25) is 0 Å². The second kappa shape index (κ2) is 6.24. The number of aromatic nitrogens is 2. The summed E-state index contributed by atoms with van der Waals surface area (Å²) < 4.78 is 10.6. The van der Waals surface area contributed by atoms with Gasteiger partial charge in [-0.2, -0.15) is 0 Å². The Hall–Kier alpha value is -2.01. The summed E-state index contributed by atoms with van der Waals surface area (Å²) in [5, 5.41) is 3.40. The smallest absolute Gasteiger partial charge is 0.127 e. The highest BCUT2D eigenvalue weighted by Gasteiger charge is 2.12. The number of H-pyrrole nitrogens is 1. The van der Waals surface area contributed by atoms with Crippen LogP contribution in [0.3, 0.4) is 0 Å².